The molecule has 2 rings (SSSR count). The van der Waals surface area contributed by atoms with Crippen molar-refractivity contribution in [3.63, 3.8) is 0 Å². The zero-order valence-corrected chi connectivity index (χ0v) is 6.81. The minimum absolute atomic E-state index is 0.267. The fourth-order valence-electron chi connectivity index (χ4n) is 1.46. The lowest BCUT2D eigenvalue weighted by Gasteiger charge is -1.96. The van der Waals surface area contributed by atoms with Gasteiger partial charge in [0.15, 0.2) is 0 Å². The molecule has 1 aromatic heterocycles. The summed E-state index contributed by atoms with van der Waals surface area (Å²) in [6, 6.07) is 0. The number of fused-ring (bicyclic) bond motifs is 1. The maximum absolute atomic E-state index is 11.2. The molecule has 0 bridgehead atoms. The van der Waals surface area contributed by atoms with Crippen molar-refractivity contribution in [2.24, 2.45) is 0 Å². The highest BCUT2D eigenvalue weighted by Crippen LogP contribution is 2.19. The van der Waals surface area contributed by atoms with Crippen LogP contribution in [-0.2, 0) is 17.8 Å². The zero-order valence-electron chi connectivity index (χ0n) is 6.81. The highest BCUT2D eigenvalue weighted by atomic mass is 16.5. The van der Waals surface area contributed by atoms with Gasteiger partial charge in [0.1, 0.15) is 0 Å². The average molecular weight is 166 g/mol. The van der Waals surface area contributed by atoms with Crippen molar-refractivity contribution in [1.29, 1.82) is 0 Å². The number of hydrogen-bond acceptors (Lipinski definition) is 3. The molecule has 2 heterocycles. The molecule has 0 saturated carbocycles. The molecule has 0 aliphatic carbocycles. The third-order valence-corrected chi connectivity index (χ3v) is 2.09. The summed E-state index contributed by atoms with van der Waals surface area (Å²) in [6.07, 6.45) is 1.71. The Balaban J connectivity index is 2.39. The molecule has 0 fully saturated rings. The summed E-state index contributed by atoms with van der Waals surface area (Å²) in [5.41, 5.74) is 2.79. The number of esters is 1. The number of H-pyrrole nitrogens is 1. The van der Waals surface area contributed by atoms with Crippen LogP contribution >= 0.6 is 0 Å². The first-order valence-corrected chi connectivity index (χ1v) is 3.81. The summed E-state index contributed by atoms with van der Waals surface area (Å²) >= 11 is 0. The van der Waals surface area contributed by atoms with Crippen LogP contribution in [-0.4, -0.2) is 18.1 Å². The highest BCUT2D eigenvalue weighted by Gasteiger charge is 2.20. The molecule has 12 heavy (non-hydrogen) atoms. The van der Waals surface area contributed by atoms with Crippen molar-refractivity contribution in [3.05, 3.63) is 23.0 Å². The molecule has 2 N–H and O–H groups in total. The van der Waals surface area contributed by atoms with Gasteiger partial charge in [-0.2, -0.15) is 0 Å². The average Bonchev–Trinajstić information content (AvgIpc) is 2.62. The minimum atomic E-state index is -0.267. The molecular formula is C8H10N2O2. The van der Waals surface area contributed by atoms with E-state index in [4.69, 9.17) is 0 Å². The monoisotopic (exact) mass is 166 g/mol. The number of ether oxygens (including phenoxy) is 1. The summed E-state index contributed by atoms with van der Waals surface area (Å²) in [4.78, 5) is 14.2. The van der Waals surface area contributed by atoms with Gasteiger partial charge in [-0.3, -0.25) is 0 Å². The van der Waals surface area contributed by atoms with Crippen LogP contribution in [0.5, 0.6) is 0 Å². The third-order valence-electron chi connectivity index (χ3n) is 2.09. The molecular weight excluding hydrogens is 156 g/mol. The predicted octanol–water partition coefficient (Wildman–Crippen LogP) is 0.404. The Bertz CT molecular complexity index is 317. The molecule has 1 aromatic rings. The van der Waals surface area contributed by atoms with Crippen molar-refractivity contribution in [2.75, 3.05) is 7.11 Å². The molecule has 0 aromatic carbocycles. The molecule has 0 spiro atoms. The second kappa shape index (κ2) is 2.64. The molecule has 1 aliphatic heterocycles. The Morgan fingerprint density at radius 2 is 2.42 bits per heavy atom. The SMILES string of the molecule is COC(=O)c1c[nH]c2c1CNC2. The van der Waals surface area contributed by atoms with Gasteiger partial charge in [0.25, 0.3) is 0 Å². The van der Waals surface area contributed by atoms with Gasteiger partial charge in [-0.1, -0.05) is 0 Å². The minimum Gasteiger partial charge on any atom is -0.465 e. The highest BCUT2D eigenvalue weighted by molar-refractivity contribution is 5.91. The van der Waals surface area contributed by atoms with Crippen LogP contribution in [0.1, 0.15) is 21.6 Å². The van der Waals surface area contributed by atoms with Crippen LogP contribution in [0.3, 0.4) is 0 Å². The van der Waals surface area contributed by atoms with Crippen molar-refractivity contribution >= 4 is 5.97 Å². The molecule has 0 amide bonds. The van der Waals surface area contributed by atoms with Crippen molar-refractivity contribution < 1.29 is 9.53 Å². The number of aromatic nitrogens is 1. The second-order valence-corrected chi connectivity index (χ2v) is 2.75. The Hall–Kier alpha value is -1.29. The lowest BCUT2D eigenvalue weighted by Crippen LogP contribution is -2.06. The van der Waals surface area contributed by atoms with E-state index in [0.29, 0.717) is 5.56 Å². The zero-order chi connectivity index (χ0) is 8.55. The lowest BCUT2D eigenvalue weighted by molar-refractivity contribution is 0.0600. The Morgan fingerprint density at radius 3 is 3.17 bits per heavy atom. The Kier molecular flexibility index (Phi) is 1.62. The van der Waals surface area contributed by atoms with Gasteiger partial charge in [-0.05, 0) is 0 Å². The van der Waals surface area contributed by atoms with Gasteiger partial charge < -0.3 is 15.0 Å². The summed E-state index contributed by atoms with van der Waals surface area (Å²) in [7, 11) is 1.39. The third kappa shape index (κ3) is 0.921. The summed E-state index contributed by atoms with van der Waals surface area (Å²) < 4.78 is 4.63. The van der Waals surface area contributed by atoms with Gasteiger partial charge in [0, 0.05) is 30.5 Å². The Labute approximate surface area is 69.9 Å². The fourth-order valence-corrected chi connectivity index (χ4v) is 1.46. The van der Waals surface area contributed by atoms with Crippen molar-refractivity contribution in [3.8, 4) is 0 Å². The quantitative estimate of drug-likeness (QED) is 0.594. The summed E-state index contributed by atoms with van der Waals surface area (Å²) in [6.45, 7) is 1.57. The summed E-state index contributed by atoms with van der Waals surface area (Å²) in [5.74, 6) is -0.267. The first-order chi connectivity index (χ1) is 5.83. The standard InChI is InChI=1S/C8H10N2O2/c1-12-8(11)6-3-10-7-4-9-2-5(6)7/h3,9-10H,2,4H2,1H3. The van der Waals surface area contributed by atoms with Crippen LogP contribution in [0.4, 0.5) is 0 Å². The van der Waals surface area contributed by atoms with E-state index in [1.807, 2.05) is 0 Å². The molecule has 64 valence electrons. The first kappa shape index (κ1) is 7.36. The molecule has 4 heteroatoms. The van der Waals surface area contributed by atoms with Gasteiger partial charge in [-0.25, -0.2) is 4.79 Å². The number of nitrogens with one attached hydrogen (secondary N) is 2. The van der Waals surface area contributed by atoms with Gasteiger partial charge in [0.05, 0.1) is 12.7 Å². The van der Waals surface area contributed by atoms with E-state index in [-0.39, 0.29) is 5.97 Å². The predicted molar refractivity (Wildman–Crippen MR) is 42.7 cm³/mol. The van der Waals surface area contributed by atoms with Gasteiger partial charge in [0.2, 0.25) is 0 Å². The molecule has 0 saturated heterocycles. The molecule has 0 unspecified atom stereocenters. The first-order valence-electron chi connectivity index (χ1n) is 3.81. The number of hydrogen-bond donors (Lipinski definition) is 2. The van der Waals surface area contributed by atoms with Gasteiger partial charge in [-0.15, -0.1) is 0 Å². The molecule has 0 atom stereocenters. The van der Waals surface area contributed by atoms with E-state index in [1.165, 1.54) is 7.11 Å². The summed E-state index contributed by atoms with van der Waals surface area (Å²) in [5, 5.41) is 3.15. The number of aromatic amines is 1. The molecule has 0 radical (unpaired) electrons. The number of carbonyl (C=O) groups excluding carboxylic acids is 1. The maximum Gasteiger partial charge on any atom is 0.339 e. The van der Waals surface area contributed by atoms with Crippen LogP contribution in [0.2, 0.25) is 0 Å². The van der Waals surface area contributed by atoms with E-state index >= 15 is 0 Å². The van der Waals surface area contributed by atoms with Crippen LogP contribution in [0, 0.1) is 0 Å². The lowest BCUT2D eigenvalue weighted by atomic mass is 10.2. The van der Waals surface area contributed by atoms with Gasteiger partial charge >= 0.3 is 5.97 Å². The fraction of sp³-hybridized carbons (Fsp3) is 0.375. The number of rotatable bonds is 1. The van der Waals surface area contributed by atoms with E-state index in [9.17, 15) is 4.79 Å². The van der Waals surface area contributed by atoms with E-state index in [2.05, 4.69) is 15.0 Å². The van der Waals surface area contributed by atoms with E-state index < -0.39 is 0 Å². The van der Waals surface area contributed by atoms with Crippen molar-refractivity contribution in [2.45, 2.75) is 13.1 Å². The molecule has 1 aliphatic rings. The largest absolute Gasteiger partial charge is 0.465 e. The normalized spacial score (nSPS) is 14.4. The molecule has 4 nitrogen and oxygen atoms in total. The van der Waals surface area contributed by atoms with Crippen LogP contribution in [0.25, 0.3) is 0 Å². The van der Waals surface area contributed by atoms with E-state index in [0.717, 1.165) is 24.3 Å². The topological polar surface area (TPSA) is 54.1 Å². The second-order valence-electron chi connectivity index (χ2n) is 2.75. The van der Waals surface area contributed by atoms with Crippen molar-refractivity contribution in [1.82, 2.24) is 10.3 Å². The number of carbonyl (C=O) groups is 1. The smallest absolute Gasteiger partial charge is 0.339 e. The Morgan fingerprint density at radius 1 is 1.58 bits per heavy atom. The maximum atomic E-state index is 11.2. The van der Waals surface area contributed by atoms with E-state index in [1.54, 1.807) is 6.20 Å². The van der Waals surface area contributed by atoms with Crippen LogP contribution in [0.15, 0.2) is 6.20 Å². The number of methoxy groups -OCH3 is 1. The van der Waals surface area contributed by atoms with Crippen LogP contribution < -0.4 is 5.32 Å².